The molecule has 14 heteroatoms. The minimum absolute atomic E-state index is 0.132. The normalized spacial score (nSPS) is 25.7. The Bertz CT molecular complexity index is 1040. The molecular weight excluding hydrogens is 443 g/mol. The number of nitrogens with two attached hydrogens (primary N) is 1. The second-order valence-corrected chi connectivity index (χ2v) is 10.0. The van der Waals surface area contributed by atoms with Gasteiger partial charge in [0, 0.05) is 23.1 Å². The number of carbonyl (C=O) groups excluding carboxylic acids is 1. The van der Waals surface area contributed by atoms with E-state index in [1.165, 1.54) is 17.7 Å². The molecule has 3 N–H and O–H groups in total. The number of hydrogen-bond acceptors (Lipinski definition) is 8. The molecule has 1 saturated heterocycles. The van der Waals surface area contributed by atoms with Crippen molar-refractivity contribution >= 4 is 13.5 Å². The number of amides is 1. The molecule has 2 heterocycles. The van der Waals surface area contributed by atoms with Crippen molar-refractivity contribution in [2.45, 2.75) is 69.9 Å². The van der Waals surface area contributed by atoms with Crippen LogP contribution in [0.3, 0.4) is 0 Å². The predicted molar refractivity (Wildman–Crippen MR) is 113 cm³/mol. The van der Waals surface area contributed by atoms with Crippen LogP contribution in [0.15, 0.2) is 20.9 Å². The molecule has 176 valence electrons. The highest BCUT2D eigenvalue weighted by Gasteiger charge is 2.39. The SMILES string of the molecule is Cc1cn([C@H]2C[C@H](N=[N+]=[N-])[C@@H](COP(=O)(CC(N)=O)OC3CCCCC3)O2)c(=O)[nH]c1=O. The highest BCUT2D eigenvalue weighted by atomic mass is 31.2. The van der Waals surface area contributed by atoms with E-state index >= 15 is 0 Å². The zero-order chi connectivity index (χ0) is 23.3. The van der Waals surface area contributed by atoms with Crippen LogP contribution in [0.2, 0.25) is 0 Å². The molecule has 1 amide bonds. The minimum Gasteiger partial charge on any atom is -0.369 e. The molecule has 13 nitrogen and oxygen atoms in total. The van der Waals surface area contributed by atoms with Gasteiger partial charge in [0.25, 0.3) is 5.56 Å². The zero-order valence-corrected chi connectivity index (χ0v) is 18.6. The minimum atomic E-state index is -3.86. The summed E-state index contributed by atoms with van der Waals surface area (Å²) in [6.07, 6.45) is 3.28. The highest BCUT2D eigenvalue weighted by molar-refractivity contribution is 7.54. The van der Waals surface area contributed by atoms with Gasteiger partial charge in [-0.2, -0.15) is 0 Å². The summed E-state index contributed by atoms with van der Waals surface area (Å²) >= 11 is 0. The van der Waals surface area contributed by atoms with Gasteiger partial charge in [-0.3, -0.25) is 23.7 Å². The number of H-pyrrole nitrogens is 1. The van der Waals surface area contributed by atoms with E-state index < -0.39 is 49.3 Å². The van der Waals surface area contributed by atoms with E-state index in [2.05, 4.69) is 15.0 Å². The number of aromatic nitrogens is 2. The molecule has 3 rings (SSSR count). The van der Waals surface area contributed by atoms with Crippen molar-refractivity contribution in [2.75, 3.05) is 12.8 Å². The third-order valence-corrected chi connectivity index (χ3v) is 7.37. The van der Waals surface area contributed by atoms with E-state index in [1.54, 1.807) is 0 Å². The van der Waals surface area contributed by atoms with Gasteiger partial charge in [-0.1, -0.05) is 24.4 Å². The Balaban J connectivity index is 1.74. The van der Waals surface area contributed by atoms with Crippen molar-refractivity contribution in [1.82, 2.24) is 9.55 Å². The molecule has 1 aromatic rings. The molecule has 1 unspecified atom stereocenters. The molecule has 2 aliphatic rings. The zero-order valence-electron chi connectivity index (χ0n) is 17.7. The summed E-state index contributed by atoms with van der Waals surface area (Å²) in [5.41, 5.74) is 13.3. The lowest BCUT2D eigenvalue weighted by atomic mass is 9.98. The third-order valence-electron chi connectivity index (χ3n) is 5.51. The Labute approximate surface area is 183 Å². The fourth-order valence-corrected chi connectivity index (χ4v) is 5.56. The lowest BCUT2D eigenvalue weighted by Crippen LogP contribution is -2.33. The highest BCUT2D eigenvalue weighted by Crippen LogP contribution is 2.51. The van der Waals surface area contributed by atoms with Crippen LogP contribution in [-0.4, -0.2) is 46.5 Å². The average molecular weight is 470 g/mol. The van der Waals surface area contributed by atoms with Crippen LogP contribution in [0.4, 0.5) is 0 Å². The Morgan fingerprint density at radius 2 is 2.12 bits per heavy atom. The van der Waals surface area contributed by atoms with Gasteiger partial charge in [0.1, 0.15) is 12.4 Å². The maximum Gasteiger partial charge on any atom is 0.340 e. The van der Waals surface area contributed by atoms with Gasteiger partial charge < -0.3 is 19.5 Å². The van der Waals surface area contributed by atoms with Gasteiger partial charge in [-0.15, -0.1) is 0 Å². The van der Waals surface area contributed by atoms with Gasteiger partial charge in [0.2, 0.25) is 5.91 Å². The molecule has 1 aliphatic heterocycles. The molecule has 0 bridgehead atoms. The van der Waals surface area contributed by atoms with E-state index in [1.807, 2.05) is 0 Å². The fourth-order valence-electron chi connectivity index (χ4n) is 3.91. The molecule has 32 heavy (non-hydrogen) atoms. The molecule has 0 aromatic carbocycles. The van der Waals surface area contributed by atoms with Crippen molar-refractivity contribution in [3.8, 4) is 0 Å². The molecule has 4 atom stereocenters. The van der Waals surface area contributed by atoms with Crippen molar-refractivity contribution in [1.29, 1.82) is 0 Å². The smallest absolute Gasteiger partial charge is 0.340 e. The number of primary amides is 1. The van der Waals surface area contributed by atoms with Gasteiger partial charge in [-0.25, -0.2) is 4.79 Å². The summed E-state index contributed by atoms with van der Waals surface area (Å²) in [6.45, 7) is 1.24. The Hall–Kier alpha value is -2.43. The van der Waals surface area contributed by atoms with Crippen LogP contribution in [-0.2, 0) is 23.1 Å². The monoisotopic (exact) mass is 470 g/mol. The number of nitrogens with zero attached hydrogens (tertiary/aromatic N) is 4. The third kappa shape index (κ3) is 6.08. The molecular formula is C18H27N6O7P. The first-order valence-corrected chi connectivity index (χ1v) is 12.2. The lowest BCUT2D eigenvalue weighted by molar-refractivity contribution is -0.116. The van der Waals surface area contributed by atoms with E-state index in [0.717, 1.165) is 19.3 Å². The number of aromatic amines is 1. The van der Waals surface area contributed by atoms with Gasteiger partial charge >= 0.3 is 13.3 Å². The Morgan fingerprint density at radius 3 is 2.78 bits per heavy atom. The maximum absolute atomic E-state index is 13.2. The molecule has 0 spiro atoms. The van der Waals surface area contributed by atoms with Crippen LogP contribution in [0.1, 0.15) is 50.3 Å². The first-order valence-electron chi connectivity index (χ1n) is 10.4. The van der Waals surface area contributed by atoms with E-state index in [0.29, 0.717) is 18.4 Å². The summed E-state index contributed by atoms with van der Waals surface area (Å²) in [5.74, 6) is -0.823. The largest absolute Gasteiger partial charge is 0.369 e. The van der Waals surface area contributed by atoms with Gasteiger partial charge in [0.05, 0.1) is 24.9 Å². The van der Waals surface area contributed by atoms with Gasteiger partial charge in [-0.05, 0) is 25.3 Å². The fraction of sp³-hybridized carbons (Fsp3) is 0.722. The van der Waals surface area contributed by atoms with E-state index in [4.69, 9.17) is 25.0 Å². The van der Waals surface area contributed by atoms with E-state index in [-0.39, 0.29) is 19.1 Å². The second-order valence-electron chi connectivity index (χ2n) is 8.01. The van der Waals surface area contributed by atoms with Crippen molar-refractivity contribution in [2.24, 2.45) is 10.8 Å². The number of ether oxygens (including phenoxy) is 1. The van der Waals surface area contributed by atoms with Crippen molar-refractivity contribution < 1.29 is 23.1 Å². The summed E-state index contributed by atoms with van der Waals surface area (Å²) in [4.78, 5) is 40.3. The molecule has 1 saturated carbocycles. The van der Waals surface area contributed by atoms with E-state index in [9.17, 15) is 18.9 Å². The molecule has 1 aromatic heterocycles. The standard InChI is InChI=1S/C18H27N6O7P/c1-11-8-24(18(27)21-17(11)26)16-7-13(22-23-20)14(30-16)9-29-32(28,10-15(19)25)31-12-5-3-2-4-6-12/h8,12-14,16H,2-7,9-10H2,1H3,(H2,19,25)(H,21,26,27)/t13-,14+,16+,32?/m0/s1. The summed E-state index contributed by atoms with van der Waals surface area (Å²) in [7, 11) is -3.86. The first kappa shape index (κ1) is 24.2. The van der Waals surface area contributed by atoms with Crippen LogP contribution in [0.5, 0.6) is 0 Å². The summed E-state index contributed by atoms with van der Waals surface area (Å²) in [6, 6.07) is -0.735. The second kappa shape index (κ2) is 10.5. The van der Waals surface area contributed by atoms with Gasteiger partial charge in [0.15, 0.2) is 0 Å². The first-order chi connectivity index (χ1) is 15.2. The topological polar surface area (TPSA) is 191 Å². The number of nitrogens with one attached hydrogen (secondary N) is 1. The van der Waals surface area contributed by atoms with Crippen LogP contribution in [0.25, 0.3) is 10.4 Å². The van der Waals surface area contributed by atoms with Crippen molar-refractivity contribution in [3.05, 3.63) is 43.0 Å². The Morgan fingerprint density at radius 1 is 1.41 bits per heavy atom. The molecule has 0 radical (unpaired) electrons. The number of carbonyl (C=O) groups is 1. The van der Waals surface area contributed by atoms with Crippen LogP contribution in [0, 0.1) is 6.92 Å². The number of aryl methyl sites for hydroxylation is 1. The van der Waals surface area contributed by atoms with Crippen LogP contribution < -0.4 is 17.0 Å². The quantitative estimate of drug-likeness (QED) is 0.238. The summed E-state index contributed by atoms with van der Waals surface area (Å²) in [5, 5.41) is 3.69. The number of rotatable bonds is 9. The predicted octanol–water partition coefficient (Wildman–Crippen LogP) is 1.86. The lowest BCUT2D eigenvalue weighted by Gasteiger charge is -2.27. The van der Waals surface area contributed by atoms with Crippen molar-refractivity contribution in [3.63, 3.8) is 0 Å². The summed E-state index contributed by atoms with van der Waals surface area (Å²) < 4.78 is 31.5. The Kier molecular flexibility index (Phi) is 7.91. The molecule has 2 fully saturated rings. The number of azide groups is 1. The molecule has 1 aliphatic carbocycles. The average Bonchev–Trinajstić information content (AvgIpc) is 3.12. The maximum atomic E-state index is 13.2. The number of hydrogen-bond donors (Lipinski definition) is 2. The van der Waals surface area contributed by atoms with Crippen LogP contribution >= 0.6 is 7.60 Å².